The van der Waals surface area contributed by atoms with Crippen molar-refractivity contribution in [3.63, 3.8) is 0 Å². The summed E-state index contributed by atoms with van der Waals surface area (Å²) in [4.78, 5) is 13.9. The number of hydrogen-bond acceptors (Lipinski definition) is 3. The van der Waals surface area contributed by atoms with Crippen molar-refractivity contribution < 1.29 is 9.53 Å². The van der Waals surface area contributed by atoms with E-state index in [1.165, 1.54) is 30.4 Å². The average molecular weight is 274 g/mol. The van der Waals surface area contributed by atoms with Gasteiger partial charge in [-0.2, -0.15) is 0 Å². The second-order valence-electron chi connectivity index (χ2n) is 5.56. The Balaban J connectivity index is 1.56. The van der Waals surface area contributed by atoms with E-state index in [1.54, 1.807) is 0 Å². The fraction of sp³-hybridized carbons (Fsp3) is 0.562. The highest BCUT2D eigenvalue weighted by molar-refractivity contribution is 5.77. The van der Waals surface area contributed by atoms with Crippen LogP contribution < -0.4 is 10.1 Å². The second-order valence-corrected chi connectivity index (χ2v) is 5.56. The lowest BCUT2D eigenvalue weighted by Gasteiger charge is -2.27. The van der Waals surface area contributed by atoms with Crippen LogP contribution in [0.15, 0.2) is 18.2 Å². The quantitative estimate of drug-likeness (QED) is 0.905. The predicted octanol–water partition coefficient (Wildman–Crippen LogP) is 1.38. The van der Waals surface area contributed by atoms with Crippen molar-refractivity contribution in [3.8, 4) is 5.75 Å². The Kier molecular flexibility index (Phi) is 4.21. The minimum absolute atomic E-state index is 0.0872. The van der Waals surface area contributed by atoms with Crippen LogP contribution in [-0.2, 0) is 17.6 Å². The molecule has 4 nitrogen and oxygen atoms in total. The highest BCUT2D eigenvalue weighted by atomic mass is 16.5. The molecule has 0 spiro atoms. The third-order valence-electron chi connectivity index (χ3n) is 4.15. The Hall–Kier alpha value is -1.55. The topological polar surface area (TPSA) is 41.6 Å². The van der Waals surface area contributed by atoms with E-state index in [4.69, 9.17) is 4.74 Å². The summed E-state index contributed by atoms with van der Waals surface area (Å²) in [6.07, 6.45) is 4.86. The molecule has 3 rings (SSSR count). The molecule has 1 aromatic carbocycles. The van der Waals surface area contributed by atoms with Crippen molar-refractivity contribution in [2.24, 2.45) is 0 Å². The fourth-order valence-corrected chi connectivity index (χ4v) is 2.95. The Labute approximate surface area is 120 Å². The number of benzene rings is 1. The van der Waals surface area contributed by atoms with Crippen molar-refractivity contribution in [2.75, 3.05) is 32.8 Å². The molecule has 0 saturated carbocycles. The monoisotopic (exact) mass is 274 g/mol. The van der Waals surface area contributed by atoms with Crippen LogP contribution in [0, 0.1) is 0 Å². The zero-order valence-corrected chi connectivity index (χ0v) is 11.9. The van der Waals surface area contributed by atoms with Gasteiger partial charge in [0.15, 0.2) is 6.61 Å². The number of hydrogen-bond donors (Lipinski definition) is 1. The van der Waals surface area contributed by atoms with Crippen LogP contribution in [0.1, 0.15) is 24.0 Å². The van der Waals surface area contributed by atoms with E-state index < -0.39 is 0 Å². The molecule has 0 atom stereocenters. The van der Waals surface area contributed by atoms with Gasteiger partial charge in [-0.05, 0) is 48.9 Å². The fourth-order valence-electron chi connectivity index (χ4n) is 2.95. The highest BCUT2D eigenvalue weighted by Gasteiger charge is 2.17. The molecule has 0 aromatic heterocycles. The van der Waals surface area contributed by atoms with Crippen LogP contribution in [-0.4, -0.2) is 43.6 Å². The van der Waals surface area contributed by atoms with Gasteiger partial charge in [-0.25, -0.2) is 0 Å². The molecule has 1 N–H and O–H groups in total. The second kappa shape index (κ2) is 6.27. The lowest BCUT2D eigenvalue weighted by atomic mass is 9.92. The molecule has 1 aliphatic carbocycles. The van der Waals surface area contributed by atoms with Crippen LogP contribution in [0.5, 0.6) is 5.75 Å². The summed E-state index contributed by atoms with van der Waals surface area (Å²) in [6.45, 7) is 3.48. The zero-order valence-electron chi connectivity index (χ0n) is 11.9. The molecule has 1 aromatic rings. The predicted molar refractivity (Wildman–Crippen MR) is 78.0 cm³/mol. The van der Waals surface area contributed by atoms with Crippen LogP contribution in [0.4, 0.5) is 0 Å². The first-order valence-electron chi connectivity index (χ1n) is 7.56. The minimum atomic E-state index is 0.0872. The molecule has 0 radical (unpaired) electrons. The molecule has 1 fully saturated rings. The SMILES string of the molecule is O=C(COc1ccc2c(c1)CCCC2)N1CCNCC1. The van der Waals surface area contributed by atoms with Crippen molar-refractivity contribution in [3.05, 3.63) is 29.3 Å². The largest absolute Gasteiger partial charge is 0.484 e. The van der Waals surface area contributed by atoms with Gasteiger partial charge in [0.2, 0.25) is 0 Å². The van der Waals surface area contributed by atoms with Crippen LogP contribution in [0.25, 0.3) is 0 Å². The first kappa shape index (κ1) is 13.4. The molecule has 20 heavy (non-hydrogen) atoms. The first-order valence-corrected chi connectivity index (χ1v) is 7.56. The average Bonchev–Trinajstić information content (AvgIpc) is 2.53. The Bertz CT molecular complexity index is 481. The maximum Gasteiger partial charge on any atom is 0.260 e. The van der Waals surface area contributed by atoms with Crippen LogP contribution in [0.2, 0.25) is 0 Å². The van der Waals surface area contributed by atoms with Crippen LogP contribution in [0.3, 0.4) is 0 Å². The van der Waals surface area contributed by atoms with E-state index in [-0.39, 0.29) is 12.5 Å². The van der Waals surface area contributed by atoms with E-state index in [0.717, 1.165) is 38.3 Å². The number of fused-ring (bicyclic) bond motifs is 1. The number of piperazine rings is 1. The molecule has 1 heterocycles. The number of carbonyl (C=O) groups is 1. The molecule has 1 saturated heterocycles. The summed E-state index contributed by atoms with van der Waals surface area (Å²) in [5, 5.41) is 3.24. The molecule has 1 amide bonds. The summed E-state index contributed by atoms with van der Waals surface area (Å²) in [5.74, 6) is 0.915. The van der Waals surface area contributed by atoms with Crippen molar-refractivity contribution in [1.82, 2.24) is 10.2 Å². The van der Waals surface area contributed by atoms with E-state index in [2.05, 4.69) is 17.4 Å². The van der Waals surface area contributed by atoms with Gasteiger partial charge >= 0.3 is 0 Å². The van der Waals surface area contributed by atoms with Gasteiger partial charge < -0.3 is 15.0 Å². The van der Waals surface area contributed by atoms with Gasteiger partial charge in [-0.1, -0.05) is 6.07 Å². The van der Waals surface area contributed by atoms with Crippen LogP contribution >= 0.6 is 0 Å². The third-order valence-corrected chi connectivity index (χ3v) is 4.15. The van der Waals surface area contributed by atoms with E-state index in [1.807, 2.05) is 11.0 Å². The van der Waals surface area contributed by atoms with Gasteiger partial charge in [-0.3, -0.25) is 4.79 Å². The number of ether oxygens (including phenoxy) is 1. The minimum Gasteiger partial charge on any atom is -0.484 e. The van der Waals surface area contributed by atoms with Gasteiger partial charge in [0.05, 0.1) is 0 Å². The van der Waals surface area contributed by atoms with Crippen molar-refractivity contribution in [1.29, 1.82) is 0 Å². The zero-order chi connectivity index (χ0) is 13.8. The number of nitrogens with one attached hydrogen (secondary N) is 1. The number of rotatable bonds is 3. The highest BCUT2D eigenvalue weighted by Crippen LogP contribution is 2.25. The first-order chi connectivity index (χ1) is 9.83. The number of aryl methyl sites for hydroxylation is 2. The number of nitrogens with zero attached hydrogens (tertiary/aromatic N) is 1. The maximum atomic E-state index is 12.0. The van der Waals surface area contributed by atoms with Gasteiger partial charge in [0, 0.05) is 26.2 Å². The molecule has 0 unspecified atom stereocenters. The standard InChI is InChI=1S/C16H22N2O2/c19-16(18-9-7-17-8-10-18)12-20-15-6-5-13-3-1-2-4-14(13)11-15/h5-6,11,17H,1-4,7-10,12H2. The van der Waals surface area contributed by atoms with Crippen molar-refractivity contribution >= 4 is 5.91 Å². The molecule has 2 aliphatic rings. The van der Waals surface area contributed by atoms with Gasteiger partial charge in [-0.15, -0.1) is 0 Å². The van der Waals surface area contributed by atoms with Gasteiger partial charge in [0.25, 0.3) is 5.91 Å². The number of carbonyl (C=O) groups excluding carboxylic acids is 1. The van der Waals surface area contributed by atoms with E-state index in [9.17, 15) is 4.79 Å². The lowest BCUT2D eigenvalue weighted by molar-refractivity contribution is -0.133. The summed E-state index contributed by atoms with van der Waals surface area (Å²) in [5.41, 5.74) is 2.83. The Morgan fingerprint density at radius 3 is 2.70 bits per heavy atom. The van der Waals surface area contributed by atoms with E-state index in [0.29, 0.717) is 0 Å². The third kappa shape index (κ3) is 3.12. The van der Waals surface area contributed by atoms with Gasteiger partial charge in [0.1, 0.15) is 5.75 Å². The lowest BCUT2D eigenvalue weighted by Crippen LogP contribution is -2.47. The number of amides is 1. The Morgan fingerprint density at radius 1 is 1.15 bits per heavy atom. The molecule has 1 aliphatic heterocycles. The Morgan fingerprint density at radius 2 is 1.90 bits per heavy atom. The summed E-state index contributed by atoms with van der Waals surface area (Å²) in [7, 11) is 0. The summed E-state index contributed by atoms with van der Waals surface area (Å²) < 4.78 is 5.68. The molecule has 4 heteroatoms. The molecule has 108 valence electrons. The molecule has 0 bridgehead atoms. The maximum absolute atomic E-state index is 12.0. The molecular weight excluding hydrogens is 252 g/mol. The summed E-state index contributed by atoms with van der Waals surface area (Å²) >= 11 is 0. The smallest absolute Gasteiger partial charge is 0.260 e. The molecular formula is C16H22N2O2. The van der Waals surface area contributed by atoms with Crippen molar-refractivity contribution in [2.45, 2.75) is 25.7 Å². The van der Waals surface area contributed by atoms with E-state index >= 15 is 0 Å². The summed E-state index contributed by atoms with van der Waals surface area (Å²) in [6, 6.07) is 6.26. The normalized spacial score (nSPS) is 18.5.